The summed E-state index contributed by atoms with van der Waals surface area (Å²) >= 11 is 5.97. The van der Waals surface area contributed by atoms with Gasteiger partial charge in [-0.1, -0.05) is 31.4 Å². The van der Waals surface area contributed by atoms with E-state index in [1.807, 2.05) is 0 Å². The Morgan fingerprint density at radius 1 is 1.67 bits per heavy atom. The SMILES string of the molecule is CC1CCCCC1(CN)Nc1nc[nH]c(=O)c1Cl. The number of nitrogens with one attached hydrogen (secondary N) is 2. The zero-order chi connectivity index (χ0) is 13.2. The number of aromatic nitrogens is 2. The van der Waals surface area contributed by atoms with Crippen molar-refractivity contribution in [3.8, 4) is 0 Å². The summed E-state index contributed by atoms with van der Waals surface area (Å²) in [4.78, 5) is 18.0. The molecule has 1 aliphatic carbocycles. The quantitative estimate of drug-likeness (QED) is 0.781. The lowest BCUT2D eigenvalue weighted by molar-refractivity contribution is 0.235. The van der Waals surface area contributed by atoms with Gasteiger partial charge in [-0.2, -0.15) is 0 Å². The van der Waals surface area contributed by atoms with Crippen molar-refractivity contribution in [3.05, 3.63) is 21.7 Å². The Kier molecular flexibility index (Phi) is 3.92. The summed E-state index contributed by atoms with van der Waals surface area (Å²) in [6.07, 6.45) is 5.82. The van der Waals surface area contributed by atoms with Crippen LogP contribution in [0.1, 0.15) is 32.6 Å². The smallest absolute Gasteiger partial charge is 0.271 e. The van der Waals surface area contributed by atoms with E-state index in [4.69, 9.17) is 17.3 Å². The maximum Gasteiger partial charge on any atom is 0.271 e. The van der Waals surface area contributed by atoms with Gasteiger partial charge in [0.25, 0.3) is 5.56 Å². The fourth-order valence-electron chi connectivity index (χ4n) is 2.66. The van der Waals surface area contributed by atoms with Gasteiger partial charge in [0.2, 0.25) is 0 Å². The van der Waals surface area contributed by atoms with Crippen molar-refractivity contribution >= 4 is 17.4 Å². The maximum absolute atomic E-state index is 11.5. The highest BCUT2D eigenvalue weighted by atomic mass is 35.5. The number of nitrogens with zero attached hydrogens (tertiary/aromatic N) is 1. The molecule has 1 fully saturated rings. The van der Waals surface area contributed by atoms with Crippen molar-refractivity contribution in [2.24, 2.45) is 11.7 Å². The van der Waals surface area contributed by atoms with Gasteiger partial charge in [-0.3, -0.25) is 4.79 Å². The standard InChI is InChI=1S/C12H19ClN4O/c1-8-4-2-3-5-12(8,6-14)17-10-9(13)11(18)16-7-15-10/h7-8H,2-6,14H2,1H3,(H2,15,16,17,18). The van der Waals surface area contributed by atoms with Crippen LogP contribution in [0.5, 0.6) is 0 Å². The molecule has 1 heterocycles. The van der Waals surface area contributed by atoms with Crippen LogP contribution in [0, 0.1) is 5.92 Å². The topological polar surface area (TPSA) is 83.8 Å². The second kappa shape index (κ2) is 5.28. The van der Waals surface area contributed by atoms with Crippen molar-refractivity contribution in [2.45, 2.75) is 38.1 Å². The molecule has 2 rings (SSSR count). The van der Waals surface area contributed by atoms with E-state index in [-0.39, 0.29) is 16.1 Å². The molecule has 0 spiro atoms. The van der Waals surface area contributed by atoms with Crippen molar-refractivity contribution < 1.29 is 0 Å². The van der Waals surface area contributed by atoms with Crippen molar-refractivity contribution in [3.63, 3.8) is 0 Å². The zero-order valence-corrected chi connectivity index (χ0v) is 11.3. The molecule has 0 radical (unpaired) electrons. The van der Waals surface area contributed by atoms with Gasteiger partial charge in [-0.05, 0) is 18.8 Å². The van der Waals surface area contributed by atoms with Crippen molar-refractivity contribution in [1.29, 1.82) is 0 Å². The van der Waals surface area contributed by atoms with Crippen LogP contribution >= 0.6 is 11.6 Å². The Labute approximate surface area is 111 Å². The molecule has 4 N–H and O–H groups in total. The number of halogens is 1. The predicted molar refractivity (Wildman–Crippen MR) is 72.9 cm³/mol. The van der Waals surface area contributed by atoms with Crippen LogP contribution in [-0.2, 0) is 0 Å². The Morgan fingerprint density at radius 3 is 3.11 bits per heavy atom. The van der Waals surface area contributed by atoms with Crippen LogP contribution in [0.25, 0.3) is 0 Å². The van der Waals surface area contributed by atoms with E-state index in [1.54, 1.807) is 0 Å². The van der Waals surface area contributed by atoms with Crippen LogP contribution < -0.4 is 16.6 Å². The van der Waals surface area contributed by atoms with E-state index in [0.717, 1.165) is 19.3 Å². The van der Waals surface area contributed by atoms with Crippen LogP contribution in [0.3, 0.4) is 0 Å². The molecule has 1 saturated carbocycles. The third-order valence-electron chi connectivity index (χ3n) is 3.98. The van der Waals surface area contributed by atoms with Crippen LogP contribution in [0.2, 0.25) is 5.02 Å². The highest BCUT2D eigenvalue weighted by Crippen LogP contribution is 2.36. The summed E-state index contributed by atoms with van der Waals surface area (Å²) in [5.41, 5.74) is 5.41. The summed E-state index contributed by atoms with van der Waals surface area (Å²) in [6.45, 7) is 2.69. The number of hydrogen-bond acceptors (Lipinski definition) is 4. The Morgan fingerprint density at radius 2 is 2.44 bits per heavy atom. The highest BCUT2D eigenvalue weighted by molar-refractivity contribution is 6.32. The number of anilines is 1. The minimum absolute atomic E-state index is 0.100. The van der Waals surface area contributed by atoms with E-state index in [0.29, 0.717) is 18.3 Å². The molecule has 0 aliphatic heterocycles. The Balaban J connectivity index is 2.30. The second-order valence-electron chi connectivity index (χ2n) is 5.03. The number of H-pyrrole nitrogens is 1. The molecule has 5 nitrogen and oxygen atoms in total. The lowest BCUT2D eigenvalue weighted by Crippen LogP contribution is -2.52. The molecular weight excluding hydrogens is 252 g/mol. The summed E-state index contributed by atoms with van der Waals surface area (Å²) in [5, 5.41) is 3.41. The van der Waals surface area contributed by atoms with Gasteiger partial charge in [0.05, 0.1) is 11.9 Å². The summed E-state index contributed by atoms with van der Waals surface area (Å²) < 4.78 is 0. The molecule has 1 aromatic rings. The van der Waals surface area contributed by atoms with E-state index >= 15 is 0 Å². The lowest BCUT2D eigenvalue weighted by atomic mass is 9.73. The minimum Gasteiger partial charge on any atom is -0.362 e. The lowest BCUT2D eigenvalue weighted by Gasteiger charge is -2.43. The Hall–Kier alpha value is -1.07. The van der Waals surface area contributed by atoms with Crippen LogP contribution in [0.15, 0.2) is 11.1 Å². The average Bonchev–Trinajstić information content (AvgIpc) is 2.38. The largest absolute Gasteiger partial charge is 0.362 e. The third kappa shape index (κ3) is 2.37. The van der Waals surface area contributed by atoms with Gasteiger partial charge in [0.15, 0.2) is 5.82 Å². The highest BCUT2D eigenvalue weighted by Gasteiger charge is 2.37. The zero-order valence-electron chi connectivity index (χ0n) is 10.5. The number of rotatable bonds is 3. The van der Waals surface area contributed by atoms with Crippen LogP contribution in [-0.4, -0.2) is 22.1 Å². The number of hydrogen-bond donors (Lipinski definition) is 3. The van der Waals surface area contributed by atoms with Gasteiger partial charge in [0.1, 0.15) is 5.02 Å². The molecule has 100 valence electrons. The molecular formula is C12H19ClN4O. The first kappa shape index (κ1) is 13.4. The summed E-state index contributed by atoms with van der Waals surface area (Å²) in [6, 6.07) is 0. The first-order chi connectivity index (χ1) is 8.59. The molecule has 2 unspecified atom stereocenters. The third-order valence-corrected chi connectivity index (χ3v) is 4.33. The van der Waals surface area contributed by atoms with Gasteiger partial charge in [-0.15, -0.1) is 0 Å². The van der Waals surface area contributed by atoms with E-state index in [9.17, 15) is 4.79 Å². The molecule has 1 aromatic heterocycles. The van der Waals surface area contributed by atoms with E-state index < -0.39 is 0 Å². The molecule has 0 bridgehead atoms. The Bertz CT molecular complexity index is 475. The number of aromatic amines is 1. The van der Waals surface area contributed by atoms with Gasteiger partial charge >= 0.3 is 0 Å². The first-order valence-corrected chi connectivity index (χ1v) is 6.68. The fraction of sp³-hybridized carbons (Fsp3) is 0.667. The molecule has 18 heavy (non-hydrogen) atoms. The van der Waals surface area contributed by atoms with Crippen LogP contribution in [0.4, 0.5) is 5.82 Å². The molecule has 1 aliphatic rings. The molecule has 0 amide bonds. The first-order valence-electron chi connectivity index (χ1n) is 6.30. The van der Waals surface area contributed by atoms with Crippen molar-refractivity contribution in [1.82, 2.24) is 9.97 Å². The minimum atomic E-state index is -0.329. The molecule has 0 aromatic carbocycles. The fourth-order valence-corrected chi connectivity index (χ4v) is 2.81. The monoisotopic (exact) mass is 270 g/mol. The van der Waals surface area contributed by atoms with Crippen molar-refractivity contribution in [2.75, 3.05) is 11.9 Å². The van der Waals surface area contributed by atoms with Gasteiger partial charge < -0.3 is 16.0 Å². The molecule has 2 atom stereocenters. The van der Waals surface area contributed by atoms with Gasteiger partial charge in [-0.25, -0.2) is 4.98 Å². The maximum atomic E-state index is 11.5. The van der Waals surface area contributed by atoms with E-state index in [2.05, 4.69) is 22.2 Å². The predicted octanol–water partition coefficient (Wildman–Crippen LogP) is 1.74. The van der Waals surface area contributed by atoms with Gasteiger partial charge in [0, 0.05) is 6.54 Å². The van der Waals surface area contributed by atoms with E-state index in [1.165, 1.54) is 12.7 Å². The molecule has 0 saturated heterocycles. The summed E-state index contributed by atoms with van der Waals surface area (Å²) in [5.74, 6) is 0.869. The number of nitrogens with two attached hydrogens (primary N) is 1. The average molecular weight is 271 g/mol. The summed E-state index contributed by atoms with van der Waals surface area (Å²) in [7, 11) is 0. The second-order valence-corrected chi connectivity index (χ2v) is 5.40. The molecule has 6 heteroatoms. The normalized spacial score (nSPS) is 28.1.